The summed E-state index contributed by atoms with van der Waals surface area (Å²) in [6.07, 6.45) is 4.36. The van der Waals surface area contributed by atoms with E-state index in [2.05, 4.69) is 13.8 Å². The molecule has 0 unspecified atom stereocenters. The Labute approximate surface area is 100 Å². The van der Waals surface area contributed by atoms with Gasteiger partial charge in [-0.25, -0.2) is 0 Å². The maximum atomic E-state index is 12.2. The van der Waals surface area contributed by atoms with Gasteiger partial charge in [0.1, 0.15) is 5.60 Å². The summed E-state index contributed by atoms with van der Waals surface area (Å²) in [6.45, 7) is 9.65. The second-order valence-electron chi connectivity index (χ2n) is 4.71. The van der Waals surface area contributed by atoms with Crippen molar-refractivity contribution >= 4 is 5.91 Å². The molecular weight excluding hydrogens is 202 g/mol. The van der Waals surface area contributed by atoms with Crippen LogP contribution in [0.25, 0.3) is 0 Å². The Bertz CT molecular complexity index is 194. The molecule has 0 fully saturated rings. The summed E-state index contributed by atoms with van der Waals surface area (Å²) in [5.41, 5.74) is -0.693. The predicted molar refractivity (Wildman–Crippen MR) is 67.5 cm³/mol. The minimum absolute atomic E-state index is 0.108. The fourth-order valence-corrected chi connectivity index (χ4v) is 1.48. The number of hydrogen-bond donors (Lipinski definition) is 0. The maximum absolute atomic E-state index is 12.2. The standard InChI is InChI=1S/C13H27NO2/c1-6-8-10-14(11-9-7-2)12(15)13(3,4)16-5/h6-11H2,1-5H3. The van der Waals surface area contributed by atoms with Gasteiger partial charge in [-0.2, -0.15) is 0 Å². The van der Waals surface area contributed by atoms with Crippen LogP contribution >= 0.6 is 0 Å². The molecule has 0 aliphatic carbocycles. The molecule has 0 aromatic carbocycles. The second-order valence-corrected chi connectivity index (χ2v) is 4.71. The average Bonchev–Trinajstić information content (AvgIpc) is 2.28. The van der Waals surface area contributed by atoms with Gasteiger partial charge in [0.05, 0.1) is 0 Å². The monoisotopic (exact) mass is 229 g/mol. The van der Waals surface area contributed by atoms with Crippen LogP contribution in [0.15, 0.2) is 0 Å². The Balaban J connectivity index is 4.42. The van der Waals surface area contributed by atoms with E-state index in [0.717, 1.165) is 38.8 Å². The van der Waals surface area contributed by atoms with E-state index in [9.17, 15) is 4.79 Å². The first-order valence-corrected chi connectivity index (χ1v) is 6.34. The van der Waals surface area contributed by atoms with Crippen LogP contribution in [0.2, 0.25) is 0 Å². The van der Waals surface area contributed by atoms with E-state index >= 15 is 0 Å². The van der Waals surface area contributed by atoms with Crippen molar-refractivity contribution in [2.45, 2.75) is 59.0 Å². The highest BCUT2D eigenvalue weighted by molar-refractivity contribution is 5.84. The number of methoxy groups -OCH3 is 1. The lowest BCUT2D eigenvalue weighted by atomic mass is 10.1. The summed E-state index contributed by atoms with van der Waals surface area (Å²) in [6, 6.07) is 0. The van der Waals surface area contributed by atoms with Gasteiger partial charge in [0, 0.05) is 20.2 Å². The zero-order valence-corrected chi connectivity index (χ0v) is 11.5. The molecule has 0 radical (unpaired) electrons. The second kappa shape index (κ2) is 7.66. The lowest BCUT2D eigenvalue weighted by molar-refractivity contribution is -0.151. The number of carbonyl (C=O) groups is 1. The summed E-state index contributed by atoms with van der Waals surface area (Å²) in [5.74, 6) is 0.108. The van der Waals surface area contributed by atoms with Crippen molar-refractivity contribution in [3.63, 3.8) is 0 Å². The number of nitrogens with zero attached hydrogens (tertiary/aromatic N) is 1. The Kier molecular flexibility index (Phi) is 7.39. The van der Waals surface area contributed by atoms with Crippen LogP contribution in [0.5, 0.6) is 0 Å². The first-order chi connectivity index (χ1) is 7.49. The lowest BCUT2D eigenvalue weighted by Gasteiger charge is -2.31. The van der Waals surface area contributed by atoms with E-state index in [1.54, 1.807) is 7.11 Å². The summed E-state index contributed by atoms with van der Waals surface area (Å²) in [7, 11) is 1.59. The molecule has 16 heavy (non-hydrogen) atoms. The third kappa shape index (κ3) is 4.97. The van der Waals surface area contributed by atoms with Crippen LogP contribution in [0.1, 0.15) is 53.4 Å². The van der Waals surface area contributed by atoms with Gasteiger partial charge in [-0.15, -0.1) is 0 Å². The molecule has 0 rings (SSSR count). The Morgan fingerprint density at radius 3 is 1.88 bits per heavy atom. The van der Waals surface area contributed by atoms with E-state index in [4.69, 9.17) is 4.74 Å². The molecule has 0 saturated heterocycles. The van der Waals surface area contributed by atoms with Crippen molar-refractivity contribution < 1.29 is 9.53 Å². The normalized spacial score (nSPS) is 11.6. The highest BCUT2D eigenvalue weighted by atomic mass is 16.5. The van der Waals surface area contributed by atoms with E-state index in [1.807, 2.05) is 18.7 Å². The molecule has 3 heteroatoms. The lowest BCUT2D eigenvalue weighted by Crippen LogP contribution is -2.47. The van der Waals surface area contributed by atoms with Crippen LogP contribution in [0.4, 0.5) is 0 Å². The van der Waals surface area contributed by atoms with E-state index in [-0.39, 0.29) is 5.91 Å². The minimum atomic E-state index is -0.693. The molecule has 1 amide bonds. The zero-order valence-electron chi connectivity index (χ0n) is 11.5. The third-order valence-electron chi connectivity index (χ3n) is 2.88. The zero-order chi connectivity index (χ0) is 12.6. The van der Waals surface area contributed by atoms with Crippen LogP contribution in [-0.4, -0.2) is 36.6 Å². The molecule has 0 aromatic rings. The quantitative estimate of drug-likeness (QED) is 0.640. The summed E-state index contributed by atoms with van der Waals surface area (Å²) in [5, 5.41) is 0. The van der Waals surface area contributed by atoms with Crippen molar-refractivity contribution in [3.8, 4) is 0 Å². The van der Waals surface area contributed by atoms with E-state index in [0.29, 0.717) is 0 Å². The predicted octanol–water partition coefficient (Wildman–Crippen LogP) is 2.84. The Morgan fingerprint density at radius 2 is 1.56 bits per heavy atom. The molecule has 0 saturated carbocycles. The van der Waals surface area contributed by atoms with Gasteiger partial charge in [-0.05, 0) is 26.7 Å². The van der Waals surface area contributed by atoms with Gasteiger partial charge in [0.25, 0.3) is 5.91 Å². The molecule has 96 valence electrons. The van der Waals surface area contributed by atoms with Crippen LogP contribution in [0, 0.1) is 0 Å². The molecule has 0 atom stereocenters. The first kappa shape index (κ1) is 15.4. The first-order valence-electron chi connectivity index (χ1n) is 6.34. The van der Waals surface area contributed by atoms with Gasteiger partial charge in [0.15, 0.2) is 0 Å². The SMILES string of the molecule is CCCCN(CCCC)C(=O)C(C)(C)OC. The Morgan fingerprint density at radius 1 is 1.12 bits per heavy atom. The van der Waals surface area contributed by atoms with Crippen molar-refractivity contribution in [2.75, 3.05) is 20.2 Å². The summed E-state index contributed by atoms with van der Waals surface area (Å²) < 4.78 is 5.25. The fourth-order valence-electron chi connectivity index (χ4n) is 1.48. The molecule has 3 nitrogen and oxygen atoms in total. The van der Waals surface area contributed by atoms with Crippen molar-refractivity contribution in [3.05, 3.63) is 0 Å². The molecule has 0 aliphatic heterocycles. The average molecular weight is 229 g/mol. The Hall–Kier alpha value is -0.570. The van der Waals surface area contributed by atoms with Gasteiger partial charge >= 0.3 is 0 Å². The van der Waals surface area contributed by atoms with Crippen molar-refractivity contribution in [2.24, 2.45) is 0 Å². The summed E-state index contributed by atoms with van der Waals surface area (Å²) >= 11 is 0. The number of hydrogen-bond acceptors (Lipinski definition) is 2. The maximum Gasteiger partial charge on any atom is 0.254 e. The number of carbonyl (C=O) groups excluding carboxylic acids is 1. The number of amides is 1. The van der Waals surface area contributed by atoms with Gasteiger partial charge in [-0.3, -0.25) is 4.79 Å². The highest BCUT2D eigenvalue weighted by Gasteiger charge is 2.31. The fraction of sp³-hybridized carbons (Fsp3) is 0.923. The van der Waals surface area contributed by atoms with Crippen LogP contribution < -0.4 is 0 Å². The van der Waals surface area contributed by atoms with Crippen molar-refractivity contribution in [1.29, 1.82) is 0 Å². The molecule has 0 aromatic heterocycles. The molecule has 0 bridgehead atoms. The number of rotatable bonds is 8. The van der Waals surface area contributed by atoms with Gasteiger partial charge in [-0.1, -0.05) is 26.7 Å². The number of unbranched alkanes of at least 4 members (excludes halogenated alkanes) is 2. The van der Waals surface area contributed by atoms with E-state index in [1.165, 1.54) is 0 Å². The molecule has 0 spiro atoms. The smallest absolute Gasteiger partial charge is 0.254 e. The van der Waals surface area contributed by atoms with Gasteiger partial charge < -0.3 is 9.64 Å². The van der Waals surface area contributed by atoms with E-state index < -0.39 is 5.60 Å². The van der Waals surface area contributed by atoms with Crippen LogP contribution in [0.3, 0.4) is 0 Å². The molecular formula is C13H27NO2. The largest absolute Gasteiger partial charge is 0.369 e. The third-order valence-corrected chi connectivity index (χ3v) is 2.88. The number of ether oxygens (including phenoxy) is 1. The molecule has 0 heterocycles. The van der Waals surface area contributed by atoms with Crippen molar-refractivity contribution in [1.82, 2.24) is 4.90 Å². The molecule has 0 aliphatic rings. The molecule has 0 N–H and O–H groups in total. The van der Waals surface area contributed by atoms with Gasteiger partial charge in [0.2, 0.25) is 0 Å². The minimum Gasteiger partial charge on any atom is -0.369 e. The topological polar surface area (TPSA) is 29.5 Å². The summed E-state index contributed by atoms with van der Waals surface area (Å²) in [4.78, 5) is 14.1. The highest BCUT2D eigenvalue weighted by Crippen LogP contribution is 2.13. The van der Waals surface area contributed by atoms with Crippen LogP contribution in [-0.2, 0) is 9.53 Å².